The zero-order chi connectivity index (χ0) is 12.9. The van der Waals surface area contributed by atoms with Crippen molar-refractivity contribution >= 4 is 5.71 Å². The highest BCUT2D eigenvalue weighted by atomic mass is 14.7. The minimum absolute atomic E-state index is 0.239. The number of allylic oxidation sites excluding steroid dienone is 3. The van der Waals surface area contributed by atoms with Crippen molar-refractivity contribution in [1.82, 2.24) is 0 Å². The SMILES string of the molecule is C=C/N=C1/CCC/C1=C(/C=C)C(C)(CC)CC. The van der Waals surface area contributed by atoms with E-state index in [0.717, 1.165) is 25.7 Å². The van der Waals surface area contributed by atoms with Gasteiger partial charge in [-0.15, -0.1) is 0 Å². The lowest BCUT2D eigenvalue weighted by Crippen LogP contribution is -2.19. The van der Waals surface area contributed by atoms with Crippen molar-refractivity contribution in [2.24, 2.45) is 10.4 Å². The Morgan fingerprint density at radius 2 is 1.94 bits per heavy atom. The molecule has 0 N–H and O–H groups in total. The summed E-state index contributed by atoms with van der Waals surface area (Å²) in [5, 5.41) is 0. The molecule has 1 fully saturated rings. The summed E-state index contributed by atoms with van der Waals surface area (Å²) in [5.41, 5.74) is 4.29. The van der Waals surface area contributed by atoms with Crippen LogP contribution in [0.1, 0.15) is 52.9 Å². The number of hydrogen-bond acceptors (Lipinski definition) is 1. The van der Waals surface area contributed by atoms with E-state index in [4.69, 9.17) is 0 Å². The van der Waals surface area contributed by atoms with Crippen LogP contribution in [0.3, 0.4) is 0 Å². The van der Waals surface area contributed by atoms with Crippen LogP contribution in [0.25, 0.3) is 0 Å². The summed E-state index contributed by atoms with van der Waals surface area (Å²) in [5.74, 6) is 0. The largest absolute Gasteiger partial charge is 0.262 e. The molecule has 1 nitrogen and oxygen atoms in total. The van der Waals surface area contributed by atoms with Crippen LogP contribution in [-0.2, 0) is 0 Å². The third-order valence-corrected chi connectivity index (χ3v) is 4.18. The highest BCUT2D eigenvalue weighted by molar-refractivity contribution is 6.03. The highest BCUT2D eigenvalue weighted by Gasteiger charge is 2.29. The summed E-state index contributed by atoms with van der Waals surface area (Å²) in [7, 11) is 0. The quantitative estimate of drug-likeness (QED) is 0.627. The minimum atomic E-state index is 0.239. The van der Waals surface area contributed by atoms with E-state index in [-0.39, 0.29) is 5.41 Å². The summed E-state index contributed by atoms with van der Waals surface area (Å²) in [6.07, 6.45) is 9.45. The fourth-order valence-electron chi connectivity index (χ4n) is 2.64. The third-order valence-electron chi connectivity index (χ3n) is 4.18. The predicted octanol–water partition coefficient (Wildman–Crippen LogP) is 5.06. The van der Waals surface area contributed by atoms with Crippen molar-refractivity contribution in [1.29, 1.82) is 0 Å². The molecule has 0 aliphatic heterocycles. The Kier molecular flexibility index (Phi) is 4.92. The van der Waals surface area contributed by atoms with Crippen molar-refractivity contribution in [3.05, 3.63) is 36.6 Å². The zero-order valence-electron chi connectivity index (χ0n) is 11.6. The molecule has 0 saturated heterocycles. The van der Waals surface area contributed by atoms with Gasteiger partial charge in [0.05, 0.1) is 0 Å². The maximum Gasteiger partial charge on any atom is 0.0438 e. The van der Waals surface area contributed by atoms with Crippen molar-refractivity contribution in [2.75, 3.05) is 0 Å². The summed E-state index contributed by atoms with van der Waals surface area (Å²) in [4.78, 5) is 4.43. The van der Waals surface area contributed by atoms with Gasteiger partial charge in [-0.3, -0.25) is 4.99 Å². The minimum Gasteiger partial charge on any atom is -0.262 e. The highest BCUT2D eigenvalue weighted by Crippen LogP contribution is 2.40. The molecule has 0 amide bonds. The second-order valence-electron chi connectivity index (χ2n) is 4.98. The zero-order valence-corrected chi connectivity index (χ0v) is 11.6. The number of hydrogen-bond donors (Lipinski definition) is 0. The van der Waals surface area contributed by atoms with Gasteiger partial charge >= 0.3 is 0 Å². The maximum atomic E-state index is 4.43. The van der Waals surface area contributed by atoms with E-state index < -0.39 is 0 Å². The van der Waals surface area contributed by atoms with Gasteiger partial charge in [-0.05, 0) is 48.7 Å². The van der Waals surface area contributed by atoms with E-state index in [2.05, 4.69) is 38.9 Å². The summed E-state index contributed by atoms with van der Waals surface area (Å²) in [6, 6.07) is 0. The first-order chi connectivity index (χ1) is 8.12. The standard InChI is InChI=1S/C16H25N/c1-6-14(16(5,7-2)8-3)13-11-10-12-15(13)17-9-4/h6,9H,1,4,7-8,10-12H2,2-3,5H3/b14-13+,17-15-. The van der Waals surface area contributed by atoms with Crippen molar-refractivity contribution in [3.8, 4) is 0 Å². The average Bonchev–Trinajstić information content (AvgIpc) is 2.78. The molecule has 0 radical (unpaired) electrons. The van der Waals surface area contributed by atoms with Crippen LogP contribution in [0.5, 0.6) is 0 Å². The molecule has 1 aliphatic rings. The third kappa shape index (κ3) is 2.77. The van der Waals surface area contributed by atoms with Gasteiger partial charge in [0, 0.05) is 11.9 Å². The van der Waals surface area contributed by atoms with Gasteiger partial charge in [-0.1, -0.05) is 40.0 Å². The molecule has 0 aromatic heterocycles. The molecule has 1 heteroatoms. The Morgan fingerprint density at radius 1 is 1.29 bits per heavy atom. The number of nitrogens with zero attached hydrogens (tertiary/aromatic N) is 1. The van der Waals surface area contributed by atoms with E-state index in [1.807, 2.05) is 6.08 Å². The van der Waals surface area contributed by atoms with Crippen LogP contribution < -0.4 is 0 Å². The molecule has 1 aliphatic carbocycles. The lowest BCUT2D eigenvalue weighted by Gasteiger charge is -2.30. The molecule has 1 saturated carbocycles. The van der Waals surface area contributed by atoms with Gasteiger partial charge in [-0.25, -0.2) is 0 Å². The average molecular weight is 231 g/mol. The Balaban J connectivity index is 3.27. The van der Waals surface area contributed by atoms with Gasteiger partial charge < -0.3 is 0 Å². The van der Waals surface area contributed by atoms with E-state index in [9.17, 15) is 0 Å². The van der Waals surface area contributed by atoms with Gasteiger partial charge in [-0.2, -0.15) is 0 Å². The Morgan fingerprint density at radius 3 is 2.41 bits per heavy atom. The topological polar surface area (TPSA) is 12.4 Å². The van der Waals surface area contributed by atoms with E-state index in [1.54, 1.807) is 6.20 Å². The van der Waals surface area contributed by atoms with Crippen LogP contribution in [0, 0.1) is 5.41 Å². The molecule has 0 unspecified atom stereocenters. The molecular formula is C16H25N. The van der Waals surface area contributed by atoms with Crippen LogP contribution in [0.15, 0.2) is 41.6 Å². The predicted molar refractivity (Wildman–Crippen MR) is 77.4 cm³/mol. The molecular weight excluding hydrogens is 206 g/mol. The number of aliphatic imine (C=N–C) groups is 1. The van der Waals surface area contributed by atoms with Crippen LogP contribution in [0.2, 0.25) is 0 Å². The fraction of sp³-hybridized carbons (Fsp3) is 0.562. The van der Waals surface area contributed by atoms with Crippen molar-refractivity contribution in [2.45, 2.75) is 52.9 Å². The second-order valence-corrected chi connectivity index (χ2v) is 4.98. The normalized spacial score (nSPS) is 21.7. The second kappa shape index (κ2) is 6.00. The summed E-state index contributed by atoms with van der Waals surface area (Å²) in [6.45, 7) is 14.6. The van der Waals surface area contributed by atoms with Crippen molar-refractivity contribution in [3.63, 3.8) is 0 Å². The molecule has 1 rings (SSSR count). The smallest absolute Gasteiger partial charge is 0.0438 e. The Bertz CT molecular complexity index is 354. The summed E-state index contributed by atoms with van der Waals surface area (Å²) >= 11 is 0. The molecule has 0 atom stereocenters. The van der Waals surface area contributed by atoms with E-state index in [1.165, 1.54) is 23.3 Å². The molecule has 0 bridgehead atoms. The van der Waals surface area contributed by atoms with Gasteiger partial charge in [0.15, 0.2) is 0 Å². The van der Waals surface area contributed by atoms with Crippen LogP contribution in [0.4, 0.5) is 0 Å². The van der Waals surface area contributed by atoms with Crippen LogP contribution in [-0.4, -0.2) is 5.71 Å². The molecule has 0 heterocycles. The summed E-state index contributed by atoms with van der Waals surface area (Å²) < 4.78 is 0. The first-order valence-electron chi connectivity index (χ1n) is 6.67. The Labute approximate surface area is 106 Å². The molecule has 0 aromatic rings. The lowest BCUT2D eigenvalue weighted by molar-refractivity contribution is 0.374. The van der Waals surface area contributed by atoms with Gasteiger partial charge in [0.1, 0.15) is 0 Å². The van der Waals surface area contributed by atoms with Crippen molar-refractivity contribution < 1.29 is 0 Å². The Hall–Kier alpha value is -1.11. The van der Waals surface area contributed by atoms with Gasteiger partial charge in [0.2, 0.25) is 0 Å². The molecule has 94 valence electrons. The molecule has 0 spiro atoms. The van der Waals surface area contributed by atoms with Gasteiger partial charge in [0.25, 0.3) is 0 Å². The maximum absolute atomic E-state index is 4.43. The van der Waals surface area contributed by atoms with Crippen LogP contribution >= 0.6 is 0 Å². The first-order valence-corrected chi connectivity index (χ1v) is 6.67. The number of rotatable bonds is 5. The van der Waals surface area contributed by atoms with E-state index in [0.29, 0.717) is 0 Å². The molecule has 0 aromatic carbocycles. The molecule has 17 heavy (non-hydrogen) atoms. The fourth-order valence-corrected chi connectivity index (χ4v) is 2.64. The monoisotopic (exact) mass is 231 g/mol. The first kappa shape index (κ1) is 14.0. The van der Waals surface area contributed by atoms with E-state index >= 15 is 0 Å². The lowest BCUT2D eigenvalue weighted by atomic mass is 9.74.